The minimum atomic E-state index is -4.43. The van der Waals surface area contributed by atoms with Crippen LogP contribution in [-0.2, 0) is 15.7 Å². The molecule has 1 amide bonds. The number of alkyl halides is 3. The van der Waals surface area contributed by atoms with Crippen LogP contribution in [-0.4, -0.2) is 51.6 Å². The van der Waals surface area contributed by atoms with Gasteiger partial charge in [0.1, 0.15) is 11.6 Å². The van der Waals surface area contributed by atoms with E-state index in [0.29, 0.717) is 41.4 Å². The number of amides is 1. The van der Waals surface area contributed by atoms with Gasteiger partial charge in [-0.2, -0.15) is 13.2 Å². The molecule has 0 spiro atoms. The third-order valence-corrected chi connectivity index (χ3v) is 6.00. The molecule has 0 bridgehead atoms. The van der Waals surface area contributed by atoms with Gasteiger partial charge >= 0.3 is 6.18 Å². The minimum Gasteiger partial charge on any atom is -0.378 e. The summed E-state index contributed by atoms with van der Waals surface area (Å²) in [6.45, 7) is 2.71. The molecule has 0 aliphatic carbocycles. The number of allylic oxidation sites excluding steroid dienone is 2. The third kappa shape index (κ3) is 5.73. The van der Waals surface area contributed by atoms with E-state index in [-0.39, 0.29) is 0 Å². The maximum absolute atomic E-state index is 13.1. The smallest absolute Gasteiger partial charge is 0.378 e. The molecule has 0 unspecified atom stereocenters. The summed E-state index contributed by atoms with van der Waals surface area (Å²) in [5, 5.41) is 2.75. The summed E-state index contributed by atoms with van der Waals surface area (Å²) in [5.41, 5.74) is 1.72. The van der Waals surface area contributed by atoms with Crippen molar-refractivity contribution in [1.82, 2.24) is 19.4 Å². The molecule has 194 valence electrons. The van der Waals surface area contributed by atoms with Crippen LogP contribution in [0.3, 0.4) is 0 Å². The van der Waals surface area contributed by atoms with Gasteiger partial charge < -0.3 is 15.0 Å². The Kier molecular flexibility index (Phi) is 7.18. The Morgan fingerprint density at radius 3 is 2.45 bits per heavy atom. The van der Waals surface area contributed by atoms with Crippen LogP contribution in [0.25, 0.3) is 11.2 Å². The quantitative estimate of drug-likeness (QED) is 0.295. The summed E-state index contributed by atoms with van der Waals surface area (Å²) < 4.78 is 46.4. The van der Waals surface area contributed by atoms with Gasteiger partial charge in [0, 0.05) is 43.3 Å². The number of ether oxygens (including phenoxy) is 1. The molecule has 1 aliphatic rings. The molecule has 1 aromatic carbocycles. The number of rotatable bonds is 6. The van der Waals surface area contributed by atoms with E-state index in [2.05, 4.69) is 25.2 Å². The van der Waals surface area contributed by atoms with Crippen molar-refractivity contribution in [2.24, 2.45) is 0 Å². The van der Waals surface area contributed by atoms with Gasteiger partial charge in [0.25, 0.3) is 0 Å². The van der Waals surface area contributed by atoms with Crippen LogP contribution in [0, 0.1) is 0 Å². The number of pyridine rings is 1. The first-order valence-electron chi connectivity index (χ1n) is 11.8. The second kappa shape index (κ2) is 10.9. The molecule has 0 radical (unpaired) electrons. The Bertz CT molecular complexity index is 1470. The highest BCUT2D eigenvalue weighted by Crippen LogP contribution is 2.31. The highest BCUT2D eigenvalue weighted by molar-refractivity contribution is 5.99. The van der Waals surface area contributed by atoms with Gasteiger partial charge in [-0.3, -0.25) is 14.2 Å². The number of carbonyl (C=O) groups is 1. The van der Waals surface area contributed by atoms with E-state index in [4.69, 9.17) is 4.74 Å². The number of hydrogen-bond donors (Lipinski definition) is 1. The maximum atomic E-state index is 13.1. The number of anilines is 2. The number of nitrogens with one attached hydrogen (secondary N) is 1. The van der Waals surface area contributed by atoms with Gasteiger partial charge in [0.2, 0.25) is 5.91 Å². The summed E-state index contributed by atoms with van der Waals surface area (Å²) in [7, 11) is 0. The molecular weight excluding hydrogens is 497 g/mol. The average Bonchev–Trinajstić information content (AvgIpc) is 3.34. The first-order chi connectivity index (χ1) is 18.4. The molecule has 11 heteroatoms. The van der Waals surface area contributed by atoms with E-state index in [1.165, 1.54) is 24.4 Å². The first-order valence-corrected chi connectivity index (χ1v) is 11.8. The van der Waals surface area contributed by atoms with E-state index in [9.17, 15) is 18.0 Å². The SMILES string of the molecule is O=C(C=CC=C(c1ccc(C(F)(F)F)cc1)c1ccc(N2CCOCC2)nc1)Nc1cnc2cnccn12. The van der Waals surface area contributed by atoms with Gasteiger partial charge in [-0.15, -0.1) is 0 Å². The Morgan fingerprint density at radius 2 is 1.74 bits per heavy atom. The summed E-state index contributed by atoms with van der Waals surface area (Å²) in [5.74, 6) is 0.876. The van der Waals surface area contributed by atoms with Gasteiger partial charge in [-0.25, -0.2) is 9.97 Å². The van der Waals surface area contributed by atoms with Gasteiger partial charge in [-0.05, 0) is 35.4 Å². The second-order valence-electron chi connectivity index (χ2n) is 8.46. The molecule has 3 aromatic heterocycles. The number of nitrogens with zero attached hydrogens (tertiary/aromatic N) is 5. The molecule has 1 fully saturated rings. The second-order valence-corrected chi connectivity index (χ2v) is 8.46. The lowest BCUT2D eigenvalue weighted by Gasteiger charge is -2.27. The van der Waals surface area contributed by atoms with Crippen LogP contribution >= 0.6 is 0 Å². The minimum absolute atomic E-state index is 0.396. The number of carbonyl (C=O) groups excluding carboxylic acids is 1. The van der Waals surface area contributed by atoms with E-state index >= 15 is 0 Å². The highest BCUT2D eigenvalue weighted by atomic mass is 19.4. The molecule has 1 aliphatic heterocycles. The highest BCUT2D eigenvalue weighted by Gasteiger charge is 2.30. The van der Waals surface area contributed by atoms with E-state index in [0.717, 1.165) is 31.0 Å². The number of fused-ring (bicyclic) bond motifs is 1. The average molecular weight is 521 g/mol. The lowest BCUT2D eigenvalue weighted by Crippen LogP contribution is -2.36. The number of halogens is 3. The zero-order chi connectivity index (χ0) is 26.5. The fourth-order valence-corrected chi connectivity index (χ4v) is 4.06. The first kappa shape index (κ1) is 25.2. The van der Waals surface area contributed by atoms with E-state index in [1.807, 2.05) is 12.1 Å². The lowest BCUT2D eigenvalue weighted by molar-refractivity contribution is -0.137. The van der Waals surface area contributed by atoms with Crippen molar-refractivity contribution >= 4 is 28.8 Å². The summed E-state index contributed by atoms with van der Waals surface area (Å²) in [4.78, 5) is 27.4. The molecular formula is C27H23F3N6O2. The topological polar surface area (TPSA) is 84.7 Å². The van der Waals surface area contributed by atoms with Crippen molar-refractivity contribution in [3.05, 3.63) is 102 Å². The molecule has 0 atom stereocenters. The van der Waals surface area contributed by atoms with Crippen LogP contribution < -0.4 is 10.2 Å². The monoisotopic (exact) mass is 520 g/mol. The fraction of sp³-hybridized carbons (Fsp3) is 0.185. The normalized spacial score (nSPS) is 14.8. The van der Waals surface area contributed by atoms with Crippen molar-refractivity contribution < 1.29 is 22.7 Å². The Hall–Kier alpha value is -4.51. The number of morpholine rings is 1. The van der Waals surface area contributed by atoms with Crippen LogP contribution in [0.4, 0.5) is 24.8 Å². The van der Waals surface area contributed by atoms with Crippen LogP contribution in [0.2, 0.25) is 0 Å². The van der Waals surface area contributed by atoms with Crippen LogP contribution in [0.15, 0.2) is 85.6 Å². The zero-order valence-corrected chi connectivity index (χ0v) is 20.1. The summed E-state index contributed by atoms with van der Waals surface area (Å²) in [6, 6.07) is 8.62. The molecule has 0 saturated carbocycles. The Morgan fingerprint density at radius 1 is 0.974 bits per heavy atom. The number of aromatic nitrogens is 4. The van der Waals surface area contributed by atoms with Gasteiger partial charge in [-0.1, -0.05) is 24.3 Å². The zero-order valence-electron chi connectivity index (χ0n) is 20.1. The molecule has 1 saturated heterocycles. The third-order valence-electron chi connectivity index (χ3n) is 6.00. The lowest BCUT2D eigenvalue weighted by atomic mass is 9.97. The predicted molar refractivity (Wildman–Crippen MR) is 137 cm³/mol. The largest absolute Gasteiger partial charge is 0.416 e. The molecule has 1 N–H and O–H groups in total. The molecule has 4 heterocycles. The molecule has 4 aromatic rings. The standard InChI is InChI=1S/C27H23F3N6O2/c28-27(29,30)21-7-4-19(5-8-21)22(20-6-9-23(32-16-20)35-12-14-38-15-13-35)2-1-3-26(37)34-25-18-33-24-17-31-10-11-36(24)25/h1-11,16-18H,12-15H2,(H,34,37). The van der Waals surface area contributed by atoms with Crippen molar-refractivity contribution in [3.8, 4) is 0 Å². The molecule has 38 heavy (non-hydrogen) atoms. The van der Waals surface area contributed by atoms with Crippen LogP contribution in [0.5, 0.6) is 0 Å². The van der Waals surface area contributed by atoms with Crippen molar-refractivity contribution in [1.29, 1.82) is 0 Å². The Balaban J connectivity index is 1.40. The van der Waals surface area contributed by atoms with Crippen molar-refractivity contribution in [2.45, 2.75) is 6.18 Å². The fourth-order valence-electron chi connectivity index (χ4n) is 4.06. The maximum Gasteiger partial charge on any atom is 0.416 e. The number of benzene rings is 1. The number of imidazole rings is 1. The van der Waals surface area contributed by atoms with Crippen molar-refractivity contribution in [3.63, 3.8) is 0 Å². The Labute approximate surface area is 216 Å². The van der Waals surface area contributed by atoms with Crippen LogP contribution in [0.1, 0.15) is 16.7 Å². The van der Waals surface area contributed by atoms with E-state index in [1.54, 1.807) is 41.3 Å². The summed E-state index contributed by atoms with van der Waals surface area (Å²) in [6.07, 6.45) is 8.14. The molecule has 8 nitrogen and oxygen atoms in total. The van der Waals surface area contributed by atoms with Crippen molar-refractivity contribution in [2.75, 3.05) is 36.5 Å². The predicted octanol–water partition coefficient (Wildman–Crippen LogP) is 4.61. The van der Waals surface area contributed by atoms with E-state index < -0.39 is 17.6 Å². The van der Waals surface area contributed by atoms with Gasteiger partial charge in [0.15, 0.2) is 5.65 Å². The van der Waals surface area contributed by atoms with Gasteiger partial charge in [0.05, 0.1) is 31.2 Å². The number of hydrogen-bond acceptors (Lipinski definition) is 6. The summed E-state index contributed by atoms with van der Waals surface area (Å²) >= 11 is 0. The molecule has 5 rings (SSSR count).